The fourth-order valence-corrected chi connectivity index (χ4v) is 5.24. The van der Waals surface area contributed by atoms with Crippen LogP contribution in [0.1, 0.15) is 38.2 Å². The molecule has 0 unspecified atom stereocenters. The maximum atomic E-state index is 13.3. The lowest BCUT2D eigenvalue weighted by Gasteiger charge is -2.32. The van der Waals surface area contributed by atoms with Crippen molar-refractivity contribution in [1.82, 2.24) is 5.32 Å². The summed E-state index contributed by atoms with van der Waals surface area (Å²) < 4.78 is 0. The number of nitrogens with one attached hydrogen (secondary N) is 1. The topological polar surface area (TPSA) is 49.4 Å². The molecule has 2 atom stereocenters. The number of amides is 2. The van der Waals surface area contributed by atoms with Crippen LogP contribution in [0.25, 0.3) is 6.08 Å². The molecule has 2 aromatic carbocycles. The predicted molar refractivity (Wildman–Crippen MR) is 124 cm³/mol. The molecular weight excluding hydrogens is 416 g/mol. The van der Waals surface area contributed by atoms with E-state index in [0.29, 0.717) is 15.8 Å². The Hall–Kier alpha value is -2.24. The Bertz CT molecular complexity index is 973. The molecule has 2 aliphatic rings. The second-order valence-electron chi connectivity index (χ2n) is 7.96. The van der Waals surface area contributed by atoms with Crippen LogP contribution in [-0.4, -0.2) is 24.4 Å². The highest BCUT2D eigenvalue weighted by Gasteiger charge is 2.31. The lowest BCUT2D eigenvalue weighted by Crippen LogP contribution is -2.48. The normalized spacial score (nSPS) is 22.7. The summed E-state index contributed by atoms with van der Waals surface area (Å²) in [5, 5.41) is 3.82. The van der Waals surface area contributed by atoms with Gasteiger partial charge in [0.15, 0.2) is 0 Å². The molecular formula is C24H25ClN2O2S. The van der Waals surface area contributed by atoms with Crippen molar-refractivity contribution in [2.24, 2.45) is 5.92 Å². The van der Waals surface area contributed by atoms with Crippen LogP contribution in [0.5, 0.6) is 0 Å². The number of rotatable bonds is 4. The molecule has 0 radical (unpaired) electrons. The fourth-order valence-electron chi connectivity index (χ4n) is 4.06. The first-order chi connectivity index (χ1) is 14.5. The summed E-state index contributed by atoms with van der Waals surface area (Å²) in [5.41, 5.74) is 1.68. The fraction of sp³-hybridized carbons (Fsp3) is 0.333. The molecule has 2 aromatic rings. The molecule has 1 heterocycles. The van der Waals surface area contributed by atoms with Gasteiger partial charge in [-0.2, -0.15) is 0 Å². The van der Waals surface area contributed by atoms with Crippen molar-refractivity contribution in [3.8, 4) is 0 Å². The third-order valence-corrected chi connectivity index (χ3v) is 7.09. The number of thioether (sulfide) groups is 1. The average Bonchev–Trinajstić information content (AvgIpc) is 2.74. The minimum Gasteiger partial charge on any atom is -0.352 e. The Balaban J connectivity index is 1.56. The average molecular weight is 441 g/mol. The highest BCUT2D eigenvalue weighted by atomic mass is 35.5. The minimum absolute atomic E-state index is 0.0254. The Morgan fingerprint density at radius 3 is 2.67 bits per heavy atom. The maximum absolute atomic E-state index is 13.3. The second kappa shape index (κ2) is 9.27. The number of para-hydroxylation sites is 1. The van der Waals surface area contributed by atoms with E-state index >= 15 is 0 Å². The largest absolute Gasteiger partial charge is 0.352 e. The number of carbonyl (C=O) groups excluding carboxylic acids is 2. The number of carbonyl (C=O) groups is 2. The van der Waals surface area contributed by atoms with Crippen molar-refractivity contribution >= 4 is 46.9 Å². The van der Waals surface area contributed by atoms with Gasteiger partial charge in [0.1, 0.15) is 6.54 Å². The van der Waals surface area contributed by atoms with Crippen LogP contribution in [0, 0.1) is 5.92 Å². The summed E-state index contributed by atoms with van der Waals surface area (Å²) in [5.74, 6) is 0.220. The molecule has 1 saturated carbocycles. The third-order valence-electron chi connectivity index (χ3n) is 5.76. The van der Waals surface area contributed by atoms with Crippen LogP contribution in [0.2, 0.25) is 5.02 Å². The first-order valence-electron chi connectivity index (χ1n) is 10.4. The van der Waals surface area contributed by atoms with Gasteiger partial charge < -0.3 is 5.32 Å². The van der Waals surface area contributed by atoms with Gasteiger partial charge in [-0.25, -0.2) is 0 Å². The number of anilines is 1. The molecule has 30 heavy (non-hydrogen) atoms. The predicted octanol–water partition coefficient (Wildman–Crippen LogP) is 5.51. The zero-order valence-corrected chi connectivity index (χ0v) is 18.5. The van der Waals surface area contributed by atoms with Crippen LogP contribution in [0.4, 0.5) is 5.69 Å². The summed E-state index contributed by atoms with van der Waals surface area (Å²) in [6, 6.07) is 15.3. The summed E-state index contributed by atoms with van der Waals surface area (Å²) >= 11 is 7.41. The zero-order valence-electron chi connectivity index (χ0n) is 16.9. The van der Waals surface area contributed by atoms with E-state index in [2.05, 4.69) is 12.2 Å². The maximum Gasteiger partial charge on any atom is 0.265 e. The molecule has 4 nitrogen and oxygen atoms in total. The van der Waals surface area contributed by atoms with Crippen molar-refractivity contribution in [2.75, 3.05) is 11.4 Å². The van der Waals surface area contributed by atoms with Gasteiger partial charge in [-0.15, -0.1) is 0 Å². The molecule has 0 spiro atoms. The number of hydrogen-bond donors (Lipinski definition) is 1. The number of nitrogens with zero attached hydrogens (tertiary/aromatic N) is 1. The molecule has 156 valence electrons. The first kappa shape index (κ1) is 21.0. The summed E-state index contributed by atoms with van der Waals surface area (Å²) in [6.45, 7) is 2.21. The number of fused-ring (bicyclic) bond motifs is 1. The lowest BCUT2D eigenvalue weighted by molar-refractivity contribution is -0.123. The van der Waals surface area contributed by atoms with E-state index in [1.54, 1.807) is 17.0 Å². The molecule has 4 rings (SSSR count). The molecule has 1 fully saturated rings. The number of hydrogen-bond acceptors (Lipinski definition) is 3. The SMILES string of the molecule is C[C@@H]1CCCC[C@@H]1NC(=O)CN1C(=O)/C(=C\c2ccc(Cl)cc2)Sc2ccccc21. The Morgan fingerprint density at radius 1 is 1.17 bits per heavy atom. The van der Waals surface area contributed by atoms with Crippen LogP contribution in [-0.2, 0) is 9.59 Å². The molecule has 1 aliphatic carbocycles. The van der Waals surface area contributed by atoms with Gasteiger partial charge in [-0.3, -0.25) is 14.5 Å². The van der Waals surface area contributed by atoms with Crippen LogP contribution < -0.4 is 10.2 Å². The highest BCUT2D eigenvalue weighted by Crippen LogP contribution is 2.42. The molecule has 6 heteroatoms. The monoisotopic (exact) mass is 440 g/mol. The molecule has 2 amide bonds. The second-order valence-corrected chi connectivity index (χ2v) is 9.48. The molecule has 0 aromatic heterocycles. The first-order valence-corrected chi connectivity index (χ1v) is 11.6. The van der Waals surface area contributed by atoms with Gasteiger partial charge in [-0.1, -0.05) is 67.4 Å². The van der Waals surface area contributed by atoms with Crippen LogP contribution in [0.3, 0.4) is 0 Å². The number of benzene rings is 2. The minimum atomic E-state index is -0.152. The molecule has 1 aliphatic heterocycles. The van der Waals surface area contributed by atoms with Crippen molar-refractivity contribution in [3.05, 3.63) is 64.0 Å². The van der Waals surface area contributed by atoms with Gasteiger partial charge in [-0.05, 0) is 54.7 Å². The van der Waals surface area contributed by atoms with Gasteiger partial charge in [0.05, 0.1) is 10.6 Å². The molecule has 0 saturated heterocycles. The van der Waals surface area contributed by atoms with Crippen molar-refractivity contribution in [3.63, 3.8) is 0 Å². The Kier molecular flexibility index (Phi) is 6.49. The van der Waals surface area contributed by atoms with E-state index in [9.17, 15) is 9.59 Å². The standard InChI is InChI=1S/C24H25ClN2O2S/c1-16-6-2-3-7-19(16)26-23(28)15-27-20-8-4-5-9-21(20)30-22(24(27)29)14-17-10-12-18(25)13-11-17/h4-5,8-14,16,19H,2-3,6-7,15H2,1H3,(H,26,28)/b22-14+/t16-,19+/m1/s1. The van der Waals surface area contributed by atoms with E-state index in [-0.39, 0.29) is 24.4 Å². The van der Waals surface area contributed by atoms with Crippen molar-refractivity contribution in [1.29, 1.82) is 0 Å². The third kappa shape index (κ3) is 4.73. The lowest BCUT2D eigenvalue weighted by atomic mass is 9.86. The smallest absolute Gasteiger partial charge is 0.265 e. The van der Waals surface area contributed by atoms with Gasteiger partial charge in [0, 0.05) is 16.0 Å². The number of halogens is 1. The van der Waals surface area contributed by atoms with Crippen molar-refractivity contribution < 1.29 is 9.59 Å². The van der Waals surface area contributed by atoms with E-state index in [1.807, 2.05) is 42.5 Å². The molecule has 0 bridgehead atoms. The van der Waals surface area contributed by atoms with E-state index in [4.69, 9.17) is 11.6 Å². The van der Waals surface area contributed by atoms with Crippen LogP contribution in [0.15, 0.2) is 58.3 Å². The van der Waals surface area contributed by atoms with E-state index in [0.717, 1.165) is 35.4 Å². The Morgan fingerprint density at radius 2 is 1.90 bits per heavy atom. The molecule has 1 N–H and O–H groups in total. The van der Waals surface area contributed by atoms with Gasteiger partial charge >= 0.3 is 0 Å². The summed E-state index contributed by atoms with van der Waals surface area (Å²) in [4.78, 5) is 29.3. The highest BCUT2D eigenvalue weighted by molar-refractivity contribution is 8.04. The van der Waals surface area contributed by atoms with E-state index in [1.165, 1.54) is 18.2 Å². The van der Waals surface area contributed by atoms with Crippen LogP contribution >= 0.6 is 23.4 Å². The summed E-state index contributed by atoms with van der Waals surface area (Å²) in [7, 11) is 0. The van der Waals surface area contributed by atoms with Gasteiger partial charge in [0.25, 0.3) is 5.91 Å². The van der Waals surface area contributed by atoms with E-state index < -0.39 is 0 Å². The Labute approximate surface area is 186 Å². The van der Waals surface area contributed by atoms with Gasteiger partial charge in [0.2, 0.25) is 5.91 Å². The zero-order chi connectivity index (χ0) is 21.1. The summed E-state index contributed by atoms with van der Waals surface area (Å²) in [6.07, 6.45) is 6.37. The quantitative estimate of drug-likeness (QED) is 0.637. The van der Waals surface area contributed by atoms with Crippen molar-refractivity contribution in [2.45, 2.75) is 43.5 Å².